The molecule has 7 nitrogen and oxygen atoms in total. The third-order valence-electron chi connectivity index (χ3n) is 4.33. The Kier molecular flexibility index (Phi) is 5.79. The molecule has 0 saturated carbocycles. The van der Waals surface area contributed by atoms with Crippen molar-refractivity contribution in [1.29, 1.82) is 0 Å². The highest BCUT2D eigenvalue weighted by atomic mass is 16.5. The van der Waals surface area contributed by atoms with Crippen molar-refractivity contribution in [2.75, 3.05) is 26.8 Å². The van der Waals surface area contributed by atoms with Gasteiger partial charge in [0.25, 0.3) is 11.8 Å². The zero-order valence-electron chi connectivity index (χ0n) is 14.7. The lowest BCUT2D eigenvalue weighted by atomic mass is 9.88. The maximum absolute atomic E-state index is 12.6. The molecule has 1 aliphatic rings. The summed E-state index contributed by atoms with van der Waals surface area (Å²) in [6.07, 6.45) is 0.358. The summed E-state index contributed by atoms with van der Waals surface area (Å²) in [5, 5.41) is 12.3. The lowest BCUT2D eigenvalue weighted by Gasteiger charge is -2.23. The van der Waals surface area contributed by atoms with E-state index >= 15 is 0 Å². The summed E-state index contributed by atoms with van der Waals surface area (Å²) < 4.78 is 5.03. The first-order chi connectivity index (χ1) is 11.8. The fourth-order valence-corrected chi connectivity index (χ4v) is 2.97. The monoisotopic (exact) mass is 348 g/mol. The second kappa shape index (κ2) is 7.65. The number of carboxylic acid groups (broad SMARTS) is 1. The number of carboxylic acids is 1. The minimum atomic E-state index is -1.05. The molecule has 1 saturated heterocycles. The molecule has 0 radical (unpaired) electrons. The standard InChI is InChI=1S/C18H24N2O5/c1-12(2)19-15(21)13-4-6-14(7-5-13)16(22)20-9-8-18(10-20,11-25-3)17(23)24/h4-7,12H,8-11H2,1-3H3,(H,19,21)(H,23,24). The molecule has 1 atom stereocenters. The number of likely N-dealkylation sites (tertiary alicyclic amines) is 1. The average Bonchev–Trinajstić information content (AvgIpc) is 3.00. The van der Waals surface area contributed by atoms with E-state index in [1.807, 2.05) is 13.8 Å². The van der Waals surface area contributed by atoms with Gasteiger partial charge in [-0.3, -0.25) is 14.4 Å². The summed E-state index contributed by atoms with van der Waals surface area (Å²) in [4.78, 5) is 37.6. The van der Waals surface area contributed by atoms with Crippen LogP contribution in [0.25, 0.3) is 0 Å². The maximum Gasteiger partial charge on any atom is 0.313 e. The Bertz CT molecular complexity index is 656. The van der Waals surface area contributed by atoms with Crippen LogP contribution in [0.2, 0.25) is 0 Å². The van der Waals surface area contributed by atoms with Crippen molar-refractivity contribution < 1.29 is 24.2 Å². The molecule has 1 aliphatic heterocycles. The van der Waals surface area contributed by atoms with Crippen molar-refractivity contribution in [1.82, 2.24) is 10.2 Å². The number of carbonyl (C=O) groups is 3. The molecule has 0 bridgehead atoms. The highest BCUT2D eigenvalue weighted by Crippen LogP contribution is 2.32. The molecular weight excluding hydrogens is 324 g/mol. The van der Waals surface area contributed by atoms with Crippen LogP contribution in [-0.2, 0) is 9.53 Å². The average molecular weight is 348 g/mol. The van der Waals surface area contributed by atoms with Crippen molar-refractivity contribution in [2.45, 2.75) is 26.3 Å². The zero-order valence-corrected chi connectivity index (χ0v) is 14.7. The maximum atomic E-state index is 12.6. The van der Waals surface area contributed by atoms with Crippen molar-refractivity contribution in [3.05, 3.63) is 35.4 Å². The highest BCUT2D eigenvalue weighted by Gasteiger charge is 2.46. The number of aliphatic carboxylic acids is 1. The number of carbonyl (C=O) groups excluding carboxylic acids is 2. The van der Waals surface area contributed by atoms with E-state index in [1.165, 1.54) is 12.0 Å². The zero-order chi connectivity index (χ0) is 18.6. The first-order valence-electron chi connectivity index (χ1n) is 8.21. The molecule has 2 amide bonds. The summed E-state index contributed by atoms with van der Waals surface area (Å²) in [5.74, 6) is -1.39. The fraction of sp³-hybridized carbons (Fsp3) is 0.500. The Hall–Kier alpha value is -2.41. The number of rotatable bonds is 6. The molecule has 1 heterocycles. The smallest absolute Gasteiger partial charge is 0.313 e. The van der Waals surface area contributed by atoms with Crippen LogP contribution in [-0.4, -0.2) is 60.6 Å². The van der Waals surface area contributed by atoms with Gasteiger partial charge in [-0.05, 0) is 44.5 Å². The van der Waals surface area contributed by atoms with Crippen LogP contribution in [0.1, 0.15) is 41.0 Å². The minimum absolute atomic E-state index is 0.0309. The normalized spacial score (nSPS) is 19.9. The Morgan fingerprint density at radius 1 is 1.24 bits per heavy atom. The third-order valence-corrected chi connectivity index (χ3v) is 4.33. The predicted octanol–water partition coefficient (Wildman–Crippen LogP) is 1.39. The molecule has 25 heavy (non-hydrogen) atoms. The summed E-state index contributed by atoms with van der Waals surface area (Å²) in [6.45, 7) is 4.30. The summed E-state index contributed by atoms with van der Waals surface area (Å²) >= 11 is 0. The van der Waals surface area contributed by atoms with Gasteiger partial charge in [-0.15, -0.1) is 0 Å². The summed E-state index contributed by atoms with van der Waals surface area (Å²) in [6, 6.07) is 6.41. The van der Waals surface area contributed by atoms with Gasteiger partial charge in [-0.2, -0.15) is 0 Å². The number of hydrogen-bond donors (Lipinski definition) is 2. The topological polar surface area (TPSA) is 95.9 Å². The van der Waals surface area contributed by atoms with E-state index in [9.17, 15) is 19.5 Å². The summed E-state index contributed by atoms with van der Waals surface area (Å²) in [5.41, 5.74) is -0.146. The number of nitrogens with one attached hydrogen (secondary N) is 1. The second-order valence-electron chi connectivity index (χ2n) is 6.70. The molecule has 0 aromatic heterocycles. The van der Waals surface area contributed by atoms with E-state index < -0.39 is 11.4 Å². The third kappa shape index (κ3) is 4.17. The molecule has 0 spiro atoms. The molecule has 2 rings (SSSR count). The van der Waals surface area contributed by atoms with Crippen LogP contribution >= 0.6 is 0 Å². The van der Waals surface area contributed by atoms with Gasteiger partial charge >= 0.3 is 5.97 Å². The van der Waals surface area contributed by atoms with Gasteiger partial charge in [0.1, 0.15) is 5.41 Å². The predicted molar refractivity (Wildman–Crippen MR) is 91.5 cm³/mol. The van der Waals surface area contributed by atoms with Crippen LogP contribution in [0.3, 0.4) is 0 Å². The van der Waals surface area contributed by atoms with Crippen molar-refractivity contribution in [3.8, 4) is 0 Å². The molecule has 7 heteroatoms. The SMILES string of the molecule is COCC1(C(=O)O)CCN(C(=O)c2ccc(C(=O)NC(C)C)cc2)C1. The van der Waals surface area contributed by atoms with Crippen molar-refractivity contribution in [2.24, 2.45) is 5.41 Å². The van der Waals surface area contributed by atoms with Crippen LogP contribution in [0.15, 0.2) is 24.3 Å². The Balaban J connectivity index is 2.09. The van der Waals surface area contributed by atoms with E-state index in [1.54, 1.807) is 24.3 Å². The molecule has 1 aromatic rings. The number of ether oxygens (including phenoxy) is 1. The van der Waals surface area contributed by atoms with Gasteiger partial charge in [0.2, 0.25) is 0 Å². The van der Waals surface area contributed by atoms with Gasteiger partial charge < -0.3 is 20.1 Å². The van der Waals surface area contributed by atoms with Crippen LogP contribution in [0.5, 0.6) is 0 Å². The quantitative estimate of drug-likeness (QED) is 0.810. The minimum Gasteiger partial charge on any atom is -0.481 e. The largest absolute Gasteiger partial charge is 0.481 e. The van der Waals surface area contributed by atoms with E-state index in [0.717, 1.165) is 0 Å². The second-order valence-corrected chi connectivity index (χ2v) is 6.70. The molecule has 2 N–H and O–H groups in total. The van der Waals surface area contributed by atoms with Crippen LogP contribution in [0, 0.1) is 5.41 Å². The summed E-state index contributed by atoms with van der Waals surface area (Å²) in [7, 11) is 1.45. The lowest BCUT2D eigenvalue weighted by Crippen LogP contribution is -2.40. The number of methoxy groups -OCH3 is 1. The van der Waals surface area contributed by atoms with E-state index in [0.29, 0.717) is 24.1 Å². The van der Waals surface area contributed by atoms with Gasteiger partial charge in [0, 0.05) is 37.4 Å². The molecule has 1 aromatic carbocycles. The molecular formula is C18H24N2O5. The van der Waals surface area contributed by atoms with E-state index in [4.69, 9.17) is 4.74 Å². The highest BCUT2D eigenvalue weighted by molar-refractivity contribution is 5.98. The van der Waals surface area contributed by atoms with Crippen LogP contribution in [0.4, 0.5) is 0 Å². The van der Waals surface area contributed by atoms with Gasteiger partial charge in [0.15, 0.2) is 0 Å². The number of benzene rings is 1. The fourth-order valence-electron chi connectivity index (χ4n) is 2.97. The Labute approximate surface area is 147 Å². The van der Waals surface area contributed by atoms with Gasteiger partial charge in [-0.25, -0.2) is 0 Å². The molecule has 1 unspecified atom stereocenters. The Morgan fingerprint density at radius 3 is 2.36 bits per heavy atom. The van der Waals surface area contributed by atoms with E-state index in [-0.39, 0.29) is 31.0 Å². The first kappa shape index (κ1) is 18.9. The number of hydrogen-bond acceptors (Lipinski definition) is 4. The van der Waals surface area contributed by atoms with Gasteiger partial charge in [0.05, 0.1) is 6.61 Å². The van der Waals surface area contributed by atoms with E-state index in [2.05, 4.69) is 5.32 Å². The van der Waals surface area contributed by atoms with Crippen LogP contribution < -0.4 is 5.32 Å². The first-order valence-corrected chi connectivity index (χ1v) is 8.21. The number of amides is 2. The van der Waals surface area contributed by atoms with Gasteiger partial charge in [-0.1, -0.05) is 0 Å². The van der Waals surface area contributed by atoms with Crippen molar-refractivity contribution >= 4 is 17.8 Å². The molecule has 136 valence electrons. The lowest BCUT2D eigenvalue weighted by molar-refractivity contribution is -0.151. The Morgan fingerprint density at radius 2 is 1.84 bits per heavy atom. The molecule has 0 aliphatic carbocycles. The van der Waals surface area contributed by atoms with Crippen molar-refractivity contribution in [3.63, 3.8) is 0 Å². The number of nitrogens with zero attached hydrogens (tertiary/aromatic N) is 1. The molecule has 1 fully saturated rings.